The summed E-state index contributed by atoms with van der Waals surface area (Å²) in [6.07, 6.45) is 3.87. The van der Waals surface area contributed by atoms with Crippen LogP contribution in [0.4, 0.5) is 0 Å². The van der Waals surface area contributed by atoms with Crippen molar-refractivity contribution in [1.29, 1.82) is 0 Å². The number of ether oxygens (including phenoxy) is 1. The van der Waals surface area contributed by atoms with Crippen LogP contribution in [0.15, 0.2) is 30.3 Å². The summed E-state index contributed by atoms with van der Waals surface area (Å²) in [7, 11) is 0. The molecule has 1 N–H and O–H groups in total. The van der Waals surface area contributed by atoms with Crippen LogP contribution in [0.1, 0.15) is 40.7 Å². The maximum atomic E-state index is 11.8. The Morgan fingerprint density at radius 1 is 1.35 bits per heavy atom. The Labute approximate surface area is 117 Å². The van der Waals surface area contributed by atoms with Gasteiger partial charge < -0.3 is 4.74 Å². The normalized spacial score (nSPS) is 15.3. The molecule has 3 rings (SSSR count). The number of allylic oxidation sites excluding steroid dienone is 1. The molecule has 0 aliphatic heterocycles. The number of rotatable bonds is 3. The summed E-state index contributed by atoms with van der Waals surface area (Å²) in [5, 5.41) is 7.09. The smallest absolute Gasteiger partial charge is 0.356 e. The van der Waals surface area contributed by atoms with E-state index in [9.17, 15) is 4.79 Å². The molecule has 0 fully saturated rings. The van der Waals surface area contributed by atoms with Crippen molar-refractivity contribution in [3.63, 3.8) is 0 Å². The summed E-state index contributed by atoms with van der Waals surface area (Å²) in [5.74, 6) is -0.317. The second-order valence-electron chi connectivity index (χ2n) is 4.73. The van der Waals surface area contributed by atoms with Crippen LogP contribution < -0.4 is 0 Å². The number of aromatic nitrogens is 2. The number of fused-ring (bicyclic) bond motifs is 1. The first-order chi connectivity index (χ1) is 9.79. The van der Waals surface area contributed by atoms with Gasteiger partial charge in [-0.3, -0.25) is 5.10 Å². The van der Waals surface area contributed by atoms with E-state index in [2.05, 4.69) is 28.4 Å². The van der Waals surface area contributed by atoms with Gasteiger partial charge in [0, 0.05) is 5.56 Å². The highest BCUT2D eigenvalue weighted by atomic mass is 16.5. The van der Waals surface area contributed by atoms with Gasteiger partial charge in [-0.1, -0.05) is 30.3 Å². The topological polar surface area (TPSA) is 55.0 Å². The highest BCUT2D eigenvalue weighted by Gasteiger charge is 2.26. The van der Waals surface area contributed by atoms with Gasteiger partial charge in [0.2, 0.25) is 0 Å². The van der Waals surface area contributed by atoms with Gasteiger partial charge in [0.15, 0.2) is 0 Å². The molecule has 0 unspecified atom stereocenters. The van der Waals surface area contributed by atoms with Crippen molar-refractivity contribution in [3.05, 3.63) is 52.8 Å². The van der Waals surface area contributed by atoms with E-state index in [1.54, 1.807) is 6.92 Å². The van der Waals surface area contributed by atoms with E-state index in [1.807, 2.05) is 18.2 Å². The van der Waals surface area contributed by atoms with Crippen LogP contribution in [-0.2, 0) is 11.2 Å². The molecule has 0 radical (unpaired) electrons. The SMILES string of the molecule is CCOC(=O)c1[nH]nc2c1CC/C2=C/c1ccccc1. The van der Waals surface area contributed by atoms with Gasteiger partial charge in [-0.15, -0.1) is 0 Å². The Hall–Kier alpha value is -2.36. The van der Waals surface area contributed by atoms with Crippen molar-refractivity contribution >= 4 is 17.6 Å². The van der Waals surface area contributed by atoms with Crippen molar-refractivity contribution in [3.8, 4) is 0 Å². The number of aromatic amines is 1. The zero-order valence-corrected chi connectivity index (χ0v) is 11.3. The van der Waals surface area contributed by atoms with E-state index < -0.39 is 0 Å². The molecule has 20 heavy (non-hydrogen) atoms. The lowest BCUT2D eigenvalue weighted by Crippen LogP contribution is -2.07. The maximum absolute atomic E-state index is 11.8. The summed E-state index contributed by atoms with van der Waals surface area (Å²) in [4.78, 5) is 11.8. The number of nitrogens with one attached hydrogen (secondary N) is 1. The van der Waals surface area contributed by atoms with Gasteiger partial charge in [-0.25, -0.2) is 4.79 Å². The fourth-order valence-corrected chi connectivity index (χ4v) is 2.52. The minimum Gasteiger partial charge on any atom is -0.461 e. The number of hydrogen-bond donors (Lipinski definition) is 1. The fraction of sp³-hybridized carbons (Fsp3) is 0.250. The van der Waals surface area contributed by atoms with Crippen LogP contribution in [0.3, 0.4) is 0 Å². The van der Waals surface area contributed by atoms with Gasteiger partial charge >= 0.3 is 5.97 Å². The molecular weight excluding hydrogens is 252 g/mol. The number of carbonyl (C=O) groups excluding carboxylic acids is 1. The fourth-order valence-electron chi connectivity index (χ4n) is 2.52. The molecule has 4 nitrogen and oxygen atoms in total. The summed E-state index contributed by atoms with van der Waals surface area (Å²) in [6, 6.07) is 10.1. The molecule has 1 aliphatic rings. The van der Waals surface area contributed by atoms with E-state index >= 15 is 0 Å². The minimum atomic E-state index is -0.317. The predicted molar refractivity (Wildman–Crippen MR) is 77.2 cm³/mol. The molecule has 0 bridgehead atoms. The van der Waals surface area contributed by atoms with Crippen molar-refractivity contribution in [1.82, 2.24) is 10.2 Å². The molecule has 0 spiro atoms. The molecule has 4 heteroatoms. The number of nitrogens with zero attached hydrogens (tertiary/aromatic N) is 1. The zero-order chi connectivity index (χ0) is 13.9. The summed E-state index contributed by atoms with van der Waals surface area (Å²) >= 11 is 0. The first-order valence-corrected chi connectivity index (χ1v) is 6.80. The van der Waals surface area contributed by atoms with Crippen LogP contribution in [-0.4, -0.2) is 22.8 Å². The lowest BCUT2D eigenvalue weighted by molar-refractivity contribution is 0.0518. The summed E-state index contributed by atoms with van der Waals surface area (Å²) in [6.45, 7) is 2.18. The van der Waals surface area contributed by atoms with Gasteiger partial charge in [-0.2, -0.15) is 5.10 Å². The monoisotopic (exact) mass is 268 g/mol. The third-order valence-electron chi connectivity index (χ3n) is 3.44. The van der Waals surface area contributed by atoms with Gasteiger partial charge in [-0.05, 0) is 37.0 Å². The molecule has 1 aromatic carbocycles. The third kappa shape index (κ3) is 2.25. The molecule has 0 saturated carbocycles. The highest BCUT2D eigenvalue weighted by Crippen LogP contribution is 2.34. The van der Waals surface area contributed by atoms with Gasteiger partial charge in [0.05, 0.1) is 12.3 Å². The zero-order valence-electron chi connectivity index (χ0n) is 11.3. The number of hydrogen-bond acceptors (Lipinski definition) is 3. The van der Waals surface area contributed by atoms with Crippen LogP contribution in [0, 0.1) is 0 Å². The first-order valence-electron chi connectivity index (χ1n) is 6.80. The molecule has 0 saturated heterocycles. The van der Waals surface area contributed by atoms with Crippen LogP contribution >= 0.6 is 0 Å². The quantitative estimate of drug-likeness (QED) is 0.870. The minimum absolute atomic E-state index is 0.317. The number of H-pyrrole nitrogens is 1. The average Bonchev–Trinajstić information content (AvgIpc) is 3.03. The number of benzene rings is 1. The largest absolute Gasteiger partial charge is 0.461 e. The van der Waals surface area contributed by atoms with Crippen LogP contribution in [0.5, 0.6) is 0 Å². The first kappa shape index (κ1) is 12.7. The Balaban J connectivity index is 1.92. The van der Waals surface area contributed by atoms with E-state index in [0.29, 0.717) is 12.3 Å². The Morgan fingerprint density at radius 3 is 2.90 bits per heavy atom. The Kier molecular flexibility index (Phi) is 3.37. The van der Waals surface area contributed by atoms with Crippen molar-refractivity contribution in [2.75, 3.05) is 6.61 Å². The average molecular weight is 268 g/mol. The second-order valence-corrected chi connectivity index (χ2v) is 4.73. The van der Waals surface area contributed by atoms with E-state index in [0.717, 1.165) is 35.2 Å². The standard InChI is InChI=1S/C16H16N2O2/c1-2-20-16(19)15-13-9-8-12(14(13)17-18-15)10-11-6-4-3-5-7-11/h3-7,10H,2,8-9H2,1H3,(H,17,18)/b12-10-. The van der Waals surface area contributed by atoms with Gasteiger partial charge in [0.1, 0.15) is 5.69 Å². The third-order valence-corrected chi connectivity index (χ3v) is 3.44. The molecule has 2 aromatic rings. The molecular formula is C16H16N2O2. The number of esters is 1. The number of carbonyl (C=O) groups is 1. The molecule has 1 heterocycles. The molecule has 102 valence electrons. The molecule has 0 atom stereocenters. The summed E-state index contributed by atoms with van der Waals surface area (Å²) < 4.78 is 5.04. The van der Waals surface area contributed by atoms with Crippen molar-refractivity contribution in [2.45, 2.75) is 19.8 Å². The second kappa shape index (κ2) is 5.33. The van der Waals surface area contributed by atoms with E-state index in [4.69, 9.17) is 4.74 Å². The van der Waals surface area contributed by atoms with Crippen molar-refractivity contribution < 1.29 is 9.53 Å². The van der Waals surface area contributed by atoms with E-state index in [-0.39, 0.29) is 5.97 Å². The lowest BCUT2D eigenvalue weighted by Gasteiger charge is -1.99. The molecule has 0 amide bonds. The Morgan fingerprint density at radius 2 is 2.15 bits per heavy atom. The summed E-state index contributed by atoms with van der Waals surface area (Å²) in [5.41, 5.74) is 4.69. The lowest BCUT2D eigenvalue weighted by atomic mass is 10.1. The van der Waals surface area contributed by atoms with Crippen LogP contribution in [0.25, 0.3) is 11.6 Å². The van der Waals surface area contributed by atoms with Gasteiger partial charge in [0.25, 0.3) is 0 Å². The Bertz CT molecular complexity index is 656. The maximum Gasteiger partial charge on any atom is 0.356 e. The molecule has 1 aromatic heterocycles. The van der Waals surface area contributed by atoms with E-state index in [1.165, 1.54) is 0 Å². The molecule has 1 aliphatic carbocycles. The highest BCUT2D eigenvalue weighted by molar-refractivity contribution is 5.93. The van der Waals surface area contributed by atoms with Crippen molar-refractivity contribution in [2.24, 2.45) is 0 Å². The predicted octanol–water partition coefficient (Wildman–Crippen LogP) is 3.07. The van der Waals surface area contributed by atoms with Crippen LogP contribution in [0.2, 0.25) is 0 Å².